The van der Waals surface area contributed by atoms with Crippen molar-refractivity contribution in [2.75, 3.05) is 11.1 Å². The molecule has 0 aromatic heterocycles. The van der Waals surface area contributed by atoms with Crippen LogP contribution in [0.3, 0.4) is 0 Å². The summed E-state index contributed by atoms with van der Waals surface area (Å²) >= 11 is 3.28. The van der Waals surface area contributed by atoms with E-state index in [1.54, 1.807) is 6.07 Å². The molecule has 8 heteroatoms. The highest BCUT2D eigenvalue weighted by molar-refractivity contribution is 9.10. The molecular formula is C12H11BrFN3O2S. The minimum Gasteiger partial charge on any atom is -0.398 e. The molecule has 106 valence electrons. The van der Waals surface area contributed by atoms with E-state index >= 15 is 0 Å². The predicted molar refractivity (Wildman–Crippen MR) is 79.6 cm³/mol. The van der Waals surface area contributed by atoms with E-state index in [0.29, 0.717) is 15.8 Å². The molecule has 2 aromatic rings. The zero-order chi connectivity index (χ0) is 14.9. The molecule has 2 aromatic carbocycles. The number of sulfonamides is 1. The zero-order valence-electron chi connectivity index (χ0n) is 10.1. The fourth-order valence-electron chi connectivity index (χ4n) is 1.63. The second kappa shape index (κ2) is 5.39. The number of benzene rings is 2. The van der Waals surface area contributed by atoms with Gasteiger partial charge in [-0.15, -0.1) is 0 Å². The summed E-state index contributed by atoms with van der Waals surface area (Å²) in [6.45, 7) is 0. The van der Waals surface area contributed by atoms with Gasteiger partial charge in [0.25, 0.3) is 0 Å². The van der Waals surface area contributed by atoms with Crippen LogP contribution in [-0.2, 0) is 10.0 Å². The molecule has 0 saturated carbocycles. The molecule has 20 heavy (non-hydrogen) atoms. The van der Waals surface area contributed by atoms with Crippen molar-refractivity contribution >= 4 is 43.0 Å². The van der Waals surface area contributed by atoms with Crippen molar-refractivity contribution in [2.45, 2.75) is 4.90 Å². The first kappa shape index (κ1) is 14.8. The molecule has 0 aliphatic rings. The SMILES string of the molecule is Nc1cc(Nc2cc(F)ccc2Br)ccc1S(N)(=O)=O. The van der Waals surface area contributed by atoms with Crippen molar-refractivity contribution in [1.29, 1.82) is 0 Å². The second-order valence-corrected chi connectivity index (χ2v) is 6.43. The number of hydrogen-bond acceptors (Lipinski definition) is 4. The van der Waals surface area contributed by atoms with Crippen molar-refractivity contribution in [1.82, 2.24) is 0 Å². The average molecular weight is 360 g/mol. The standard InChI is InChI=1S/C12H11BrFN3O2S/c13-9-3-1-7(14)5-11(9)17-8-2-4-12(10(15)6-8)20(16,18)19/h1-6,17H,15H2,(H2,16,18,19). The number of nitrogen functional groups attached to an aromatic ring is 1. The summed E-state index contributed by atoms with van der Waals surface area (Å²) in [5.74, 6) is -0.398. The van der Waals surface area contributed by atoms with E-state index in [2.05, 4.69) is 21.2 Å². The highest BCUT2D eigenvalue weighted by Crippen LogP contribution is 2.29. The van der Waals surface area contributed by atoms with E-state index < -0.39 is 15.8 Å². The summed E-state index contributed by atoms with van der Waals surface area (Å²) in [5, 5.41) is 7.95. The topological polar surface area (TPSA) is 98.2 Å². The predicted octanol–water partition coefficient (Wildman–Crippen LogP) is 2.56. The zero-order valence-corrected chi connectivity index (χ0v) is 12.5. The van der Waals surface area contributed by atoms with Gasteiger partial charge < -0.3 is 11.1 Å². The van der Waals surface area contributed by atoms with Gasteiger partial charge >= 0.3 is 0 Å². The Balaban J connectivity index is 2.36. The summed E-state index contributed by atoms with van der Waals surface area (Å²) in [6.07, 6.45) is 0. The number of primary sulfonamides is 1. The van der Waals surface area contributed by atoms with Gasteiger partial charge in [-0.3, -0.25) is 0 Å². The molecule has 0 unspecified atom stereocenters. The molecule has 0 saturated heterocycles. The first-order valence-electron chi connectivity index (χ1n) is 5.42. The van der Waals surface area contributed by atoms with Crippen LogP contribution in [0.25, 0.3) is 0 Å². The third kappa shape index (κ3) is 3.27. The quantitative estimate of drug-likeness (QED) is 0.733. The molecule has 0 radical (unpaired) electrons. The van der Waals surface area contributed by atoms with Crippen molar-refractivity contribution in [3.05, 3.63) is 46.7 Å². The molecule has 0 aliphatic carbocycles. The molecule has 2 rings (SSSR count). The number of halogens is 2. The molecule has 0 heterocycles. The maximum Gasteiger partial charge on any atom is 0.240 e. The largest absolute Gasteiger partial charge is 0.398 e. The van der Waals surface area contributed by atoms with E-state index in [0.717, 1.165) is 0 Å². The Hall–Kier alpha value is -1.64. The Morgan fingerprint density at radius 1 is 1.15 bits per heavy atom. The van der Waals surface area contributed by atoms with E-state index in [-0.39, 0.29) is 10.6 Å². The van der Waals surface area contributed by atoms with Gasteiger partial charge in [-0.1, -0.05) is 0 Å². The average Bonchev–Trinajstić information content (AvgIpc) is 2.32. The van der Waals surface area contributed by atoms with Crippen LogP contribution in [0, 0.1) is 5.82 Å². The summed E-state index contributed by atoms with van der Waals surface area (Å²) in [4.78, 5) is -0.152. The van der Waals surface area contributed by atoms with E-state index in [1.165, 1.54) is 30.3 Å². The van der Waals surface area contributed by atoms with Crippen molar-refractivity contribution in [3.8, 4) is 0 Å². The number of nitrogens with two attached hydrogens (primary N) is 2. The molecule has 0 fully saturated rings. The maximum absolute atomic E-state index is 13.2. The lowest BCUT2D eigenvalue weighted by atomic mass is 10.2. The smallest absolute Gasteiger partial charge is 0.240 e. The van der Waals surface area contributed by atoms with E-state index in [9.17, 15) is 12.8 Å². The Morgan fingerprint density at radius 3 is 2.45 bits per heavy atom. The molecule has 0 aliphatic heterocycles. The summed E-state index contributed by atoms with van der Waals surface area (Å²) in [5.41, 5.74) is 6.67. The maximum atomic E-state index is 13.2. The van der Waals surface area contributed by atoms with Crippen LogP contribution in [0.5, 0.6) is 0 Å². The van der Waals surface area contributed by atoms with Crippen LogP contribution in [0.15, 0.2) is 45.8 Å². The molecule has 0 atom stereocenters. The fourth-order valence-corrected chi connectivity index (χ4v) is 2.63. The van der Waals surface area contributed by atoms with Gasteiger partial charge in [-0.25, -0.2) is 17.9 Å². The van der Waals surface area contributed by atoms with Gasteiger partial charge in [0.05, 0.1) is 11.4 Å². The Kier molecular flexibility index (Phi) is 3.98. The number of anilines is 3. The Bertz CT molecular complexity index is 765. The van der Waals surface area contributed by atoms with Crippen molar-refractivity contribution < 1.29 is 12.8 Å². The Labute approximate surface area is 124 Å². The highest BCUT2D eigenvalue weighted by atomic mass is 79.9. The normalized spacial score (nSPS) is 11.3. The van der Waals surface area contributed by atoms with Crippen LogP contribution >= 0.6 is 15.9 Å². The molecule has 5 nitrogen and oxygen atoms in total. The second-order valence-electron chi connectivity index (χ2n) is 4.05. The minimum atomic E-state index is -3.86. The van der Waals surface area contributed by atoms with Crippen molar-refractivity contribution in [2.24, 2.45) is 5.14 Å². The first-order chi connectivity index (χ1) is 9.27. The lowest BCUT2D eigenvalue weighted by molar-refractivity contribution is 0.598. The van der Waals surface area contributed by atoms with Crippen LogP contribution in [0.1, 0.15) is 0 Å². The summed E-state index contributed by atoms with van der Waals surface area (Å²) in [7, 11) is -3.86. The third-order valence-corrected chi connectivity index (χ3v) is 4.20. The van der Waals surface area contributed by atoms with Crippen LogP contribution in [-0.4, -0.2) is 8.42 Å². The lowest BCUT2D eigenvalue weighted by Crippen LogP contribution is -2.14. The van der Waals surface area contributed by atoms with Gasteiger partial charge in [0.1, 0.15) is 10.7 Å². The summed E-state index contributed by atoms with van der Waals surface area (Å²) < 4.78 is 36.3. The third-order valence-electron chi connectivity index (χ3n) is 2.52. The molecule has 0 bridgehead atoms. The molecule has 0 spiro atoms. The van der Waals surface area contributed by atoms with Crippen LogP contribution in [0.4, 0.5) is 21.5 Å². The lowest BCUT2D eigenvalue weighted by Gasteiger charge is -2.11. The van der Waals surface area contributed by atoms with Crippen molar-refractivity contribution in [3.63, 3.8) is 0 Å². The molecular weight excluding hydrogens is 349 g/mol. The van der Waals surface area contributed by atoms with Gasteiger partial charge in [0, 0.05) is 10.2 Å². The Morgan fingerprint density at radius 2 is 1.85 bits per heavy atom. The van der Waals surface area contributed by atoms with Gasteiger partial charge in [0.15, 0.2) is 0 Å². The first-order valence-corrected chi connectivity index (χ1v) is 7.76. The van der Waals surface area contributed by atoms with E-state index in [1.807, 2.05) is 0 Å². The van der Waals surface area contributed by atoms with Gasteiger partial charge in [-0.2, -0.15) is 0 Å². The number of nitrogens with one attached hydrogen (secondary N) is 1. The fraction of sp³-hybridized carbons (Fsp3) is 0. The van der Waals surface area contributed by atoms with Crippen LogP contribution < -0.4 is 16.2 Å². The minimum absolute atomic E-state index is 0.0185. The van der Waals surface area contributed by atoms with Crippen LogP contribution in [0.2, 0.25) is 0 Å². The molecule has 0 amide bonds. The monoisotopic (exact) mass is 359 g/mol. The number of rotatable bonds is 3. The van der Waals surface area contributed by atoms with Gasteiger partial charge in [-0.05, 0) is 52.3 Å². The van der Waals surface area contributed by atoms with Gasteiger partial charge in [0.2, 0.25) is 10.0 Å². The van der Waals surface area contributed by atoms with E-state index in [4.69, 9.17) is 10.9 Å². The summed E-state index contributed by atoms with van der Waals surface area (Å²) in [6, 6.07) is 8.37. The number of hydrogen-bond donors (Lipinski definition) is 3. The molecule has 5 N–H and O–H groups in total. The highest BCUT2D eigenvalue weighted by Gasteiger charge is 2.12.